The molecule has 51 heavy (non-hydrogen) atoms. The highest BCUT2D eigenvalue weighted by Gasteiger charge is 2.20. The normalized spacial score (nSPS) is 10.9. The number of aliphatic imine (C=N–C) groups is 1. The summed E-state index contributed by atoms with van der Waals surface area (Å²) in [6.07, 6.45) is 3.04. The van der Waals surface area contributed by atoms with Crippen LogP contribution in [0, 0.1) is 0 Å². The number of benzene rings is 2. The molecule has 2 aromatic heterocycles. The van der Waals surface area contributed by atoms with Gasteiger partial charge in [0.2, 0.25) is 5.95 Å². The fourth-order valence-corrected chi connectivity index (χ4v) is 4.71. The Morgan fingerprint density at radius 1 is 0.980 bits per heavy atom. The highest BCUT2D eigenvalue weighted by atomic mass is 32.1. The van der Waals surface area contributed by atoms with Crippen LogP contribution in [0.3, 0.4) is 0 Å². The van der Waals surface area contributed by atoms with Crippen LogP contribution in [0.4, 0.5) is 23.1 Å². The van der Waals surface area contributed by atoms with Gasteiger partial charge in [0.15, 0.2) is 28.1 Å². The number of aromatic nitrogens is 4. The molecule has 2 heterocycles. The lowest BCUT2D eigenvalue weighted by Crippen LogP contribution is -2.40. The first-order chi connectivity index (χ1) is 24.2. The number of fused-ring (bicyclic) bond motifs is 1. The Hall–Kier alpha value is -6.37. The molecular weight excluding hydrogens is 679 g/mol. The molecule has 19 heteroatoms. The number of amides is 1. The summed E-state index contributed by atoms with van der Waals surface area (Å²) in [5.41, 5.74) is 26.5. The molecule has 0 bridgehead atoms. The number of nitrogens with two attached hydrogens (primary N) is 4. The summed E-state index contributed by atoms with van der Waals surface area (Å²) in [5, 5.41) is 26.4. The minimum absolute atomic E-state index is 0.0247. The van der Waals surface area contributed by atoms with Gasteiger partial charge in [-0.2, -0.15) is 9.97 Å². The van der Waals surface area contributed by atoms with Gasteiger partial charge in [-0.15, -0.1) is 0 Å². The summed E-state index contributed by atoms with van der Waals surface area (Å²) < 4.78 is 0. The molecule has 13 N–H and O–H groups in total. The number of guanidine groups is 1. The summed E-state index contributed by atoms with van der Waals surface area (Å²) in [6.45, 7) is 2.40. The Morgan fingerprint density at radius 2 is 1.65 bits per heavy atom. The molecule has 4 rings (SSSR count). The molecule has 270 valence electrons. The van der Waals surface area contributed by atoms with Crippen LogP contribution in [-0.2, 0) is 22.7 Å². The number of nitrogens with zero attached hydrogens (tertiary/aromatic N) is 6. The number of nitrogen functional groups attached to an aromatic ring is 2. The molecule has 4 aromatic rings. The molecule has 1 unspecified atom stereocenters. The molecule has 0 saturated carbocycles. The average molecular weight is 720 g/mol. The Kier molecular flexibility index (Phi) is 14.5. The molecule has 18 nitrogen and oxygen atoms in total. The summed E-state index contributed by atoms with van der Waals surface area (Å²) in [6, 6.07) is 13.3. The summed E-state index contributed by atoms with van der Waals surface area (Å²) in [4.78, 5) is 56.3. The number of thiocarbonyl (C=S) groups is 1. The highest BCUT2D eigenvalue weighted by molar-refractivity contribution is 7.80. The van der Waals surface area contributed by atoms with E-state index in [0.717, 1.165) is 23.9 Å². The van der Waals surface area contributed by atoms with Gasteiger partial charge in [0, 0.05) is 37.5 Å². The molecule has 0 aliphatic carbocycles. The Bertz CT molecular complexity index is 1850. The van der Waals surface area contributed by atoms with E-state index in [1.165, 1.54) is 0 Å². The number of carbonyl (C=O) groups excluding carboxylic acids is 1. The number of rotatable bonds is 14. The topological polar surface area (TPSA) is 299 Å². The zero-order chi connectivity index (χ0) is 37.5. The number of hydrogen-bond donors (Lipinski definition) is 9. The predicted molar refractivity (Wildman–Crippen MR) is 199 cm³/mol. The van der Waals surface area contributed by atoms with Crippen molar-refractivity contribution in [2.24, 2.45) is 16.5 Å². The maximum atomic E-state index is 12.9. The highest BCUT2D eigenvalue weighted by Crippen LogP contribution is 2.19. The summed E-state index contributed by atoms with van der Waals surface area (Å²) in [5.74, 6) is -2.21. The fraction of sp³-hybridized carbons (Fsp3) is 0.281. The molecule has 0 aliphatic heterocycles. The third-order valence-corrected chi connectivity index (χ3v) is 7.18. The second-order valence-corrected chi connectivity index (χ2v) is 11.5. The van der Waals surface area contributed by atoms with Crippen molar-refractivity contribution in [1.82, 2.24) is 30.6 Å². The first kappa shape index (κ1) is 39.1. The summed E-state index contributed by atoms with van der Waals surface area (Å²) in [7, 11) is 1.86. The number of aliphatic carboxylic acids is 2. The van der Waals surface area contributed by atoms with Gasteiger partial charge in [-0.3, -0.25) is 9.59 Å². The molecule has 0 radical (unpaired) electrons. The second kappa shape index (κ2) is 19.0. The Balaban J connectivity index is 0.00000166. The second-order valence-electron chi connectivity index (χ2n) is 11.1. The van der Waals surface area contributed by atoms with Crippen molar-refractivity contribution in [3.05, 3.63) is 71.5 Å². The molecule has 1 amide bonds. The van der Waals surface area contributed by atoms with Crippen LogP contribution in [0.2, 0.25) is 0 Å². The van der Waals surface area contributed by atoms with E-state index in [0.29, 0.717) is 60.0 Å². The Labute approximate surface area is 298 Å². The van der Waals surface area contributed by atoms with Crippen LogP contribution in [0.1, 0.15) is 47.8 Å². The van der Waals surface area contributed by atoms with Crippen LogP contribution in [0.15, 0.2) is 59.7 Å². The lowest BCUT2D eigenvalue weighted by molar-refractivity contribution is -0.139. The van der Waals surface area contributed by atoms with Crippen LogP contribution in [0.5, 0.6) is 0 Å². The van der Waals surface area contributed by atoms with Gasteiger partial charge in [-0.25, -0.2) is 19.8 Å². The van der Waals surface area contributed by atoms with E-state index in [1.54, 1.807) is 30.5 Å². The number of carbonyl (C=O) groups is 3. The number of anilines is 4. The molecule has 0 saturated heterocycles. The smallest absolute Gasteiger partial charge is 0.326 e. The number of hydrogen-bond acceptors (Lipinski definition) is 12. The van der Waals surface area contributed by atoms with Crippen LogP contribution in [0.25, 0.3) is 11.2 Å². The molecular formula is C32H41N13O5S. The maximum absolute atomic E-state index is 12.9. The third kappa shape index (κ3) is 13.2. The lowest BCUT2D eigenvalue weighted by atomic mass is 10.1. The van der Waals surface area contributed by atoms with Gasteiger partial charge in [0.25, 0.3) is 11.9 Å². The van der Waals surface area contributed by atoms with Crippen molar-refractivity contribution in [3.8, 4) is 0 Å². The van der Waals surface area contributed by atoms with Gasteiger partial charge >= 0.3 is 5.97 Å². The van der Waals surface area contributed by atoms with E-state index in [2.05, 4.69) is 40.9 Å². The largest absolute Gasteiger partial charge is 0.481 e. The van der Waals surface area contributed by atoms with E-state index in [-0.39, 0.29) is 24.1 Å². The van der Waals surface area contributed by atoms with E-state index in [1.807, 2.05) is 36.2 Å². The van der Waals surface area contributed by atoms with E-state index >= 15 is 0 Å². The quantitative estimate of drug-likeness (QED) is 0.0385. The van der Waals surface area contributed by atoms with E-state index in [4.69, 9.17) is 45.1 Å². The molecule has 0 aliphatic rings. The van der Waals surface area contributed by atoms with Gasteiger partial charge in [0.1, 0.15) is 6.04 Å². The van der Waals surface area contributed by atoms with Crippen molar-refractivity contribution < 1.29 is 24.6 Å². The SMILES string of the molecule is CC(=O)O.CN(Cc1cnc2nc(N)nc(N)c2n1)c1ccc(C(=O)NC(CCCCNC(=S)Nc2ccc(CN=C(N)N)cc2)C(=O)O)cc1. The lowest BCUT2D eigenvalue weighted by Gasteiger charge is -2.19. The fourth-order valence-electron chi connectivity index (χ4n) is 4.49. The Morgan fingerprint density at radius 3 is 2.27 bits per heavy atom. The maximum Gasteiger partial charge on any atom is 0.326 e. The van der Waals surface area contributed by atoms with E-state index < -0.39 is 23.9 Å². The first-order valence-corrected chi connectivity index (χ1v) is 15.9. The van der Waals surface area contributed by atoms with Crippen LogP contribution in [-0.4, -0.2) is 78.7 Å². The average Bonchev–Trinajstić information content (AvgIpc) is 3.07. The van der Waals surface area contributed by atoms with Crippen molar-refractivity contribution in [1.29, 1.82) is 0 Å². The zero-order valence-corrected chi connectivity index (χ0v) is 28.9. The summed E-state index contributed by atoms with van der Waals surface area (Å²) >= 11 is 5.34. The monoisotopic (exact) mass is 719 g/mol. The van der Waals surface area contributed by atoms with Gasteiger partial charge in [-0.05, 0) is 73.4 Å². The van der Waals surface area contributed by atoms with Gasteiger partial charge in [0.05, 0.1) is 25.0 Å². The van der Waals surface area contributed by atoms with Gasteiger partial charge in [-0.1, -0.05) is 12.1 Å². The zero-order valence-electron chi connectivity index (χ0n) is 28.0. The van der Waals surface area contributed by atoms with Crippen molar-refractivity contribution in [3.63, 3.8) is 0 Å². The third-order valence-electron chi connectivity index (χ3n) is 6.94. The minimum atomic E-state index is -1.10. The van der Waals surface area contributed by atoms with Crippen molar-refractivity contribution >= 4 is 75.4 Å². The van der Waals surface area contributed by atoms with Crippen LogP contribution >= 0.6 is 12.2 Å². The van der Waals surface area contributed by atoms with E-state index in [9.17, 15) is 14.7 Å². The van der Waals surface area contributed by atoms with Crippen LogP contribution < -0.4 is 43.8 Å². The molecule has 0 fully saturated rings. The standard InChI is InChI=1S/C30H37N13O3S.C2H4O2/c1-43(16-20-15-36-25-23(38-20)24(31)41-29(34)42-25)21-11-7-18(8-12-21)26(44)40-22(27(45)46)4-2-3-13-35-30(47)39-19-9-5-17(6-10-19)14-37-28(32)33;1-2(3)4/h5-12,15,22H,2-4,13-14,16H2,1H3,(H,40,44)(H,45,46)(H4,32,33,37)(H2,35,39,47)(H4,31,34,36,41,42);1H3,(H,3,4). The predicted octanol–water partition coefficient (Wildman–Crippen LogP) is 1.42. The number of nitrogens with one attached hydrogen (secondary N) is 3. The number of carboxylic acid groups (broad SMARTS) is 2. The molecule has 2 aromatic carbocycles. The van der Waals surface area contributed by atoms with Crippen molar-refractivity contribution in [2.75, 3.05) is 35.3 Å². The first-order valence-electron chi connectivity index (χ1n) is 15.5. The molecule has 0 spiro atoms. The van der Waals surface area contributed by atoms with Gasteiger partial charge < -0.3 is 54.0 Å². The molecule has 1 atom stereocenters. The number of unbranched alkanes of at least 4 members (excludes halogenated alkanes) is 1. The van der Waals surface area contributed by atoms with Crippen molar-refractivity contribution in [2.45, 2.75) is 45.3 Å². The minimum Gasteiger partial charge on any atom is -0.481 e. The number of carboxylic acids is 2.